The lowest BCUT2D eigenvalue weighted by atomic mass is 9.66. The summed E-state index contributed by atoms with van der Waals surface area (Å²) in [6, 6.07) is 50.6. The molecule has 0 N–H and O–H groups in total. The van der Waals surface area contributed by atoms with Gasteiger partial charge in [0.2, 0.25) is 0 Å². The smallest absolute Gasteiger partial charge is 0.164 e. The number of benzene rings is 4. The van der Waals surface area contributed by atoms with E-state index in [-0.39, 0.29) is 0 Å². The molecule has 7 heteroatoms. The molecule has 1 aliphatic rings. The van der Waals surface area contributed by atoms with Crippen molar-refractivity contribution in [1.82, 2.24) is 29.9 Å². The Balaban J connectivity index is 1.18. The van der Waals surface area contributed by atoms with Gasteiger partial charge < -0.3 is 0 Å². The minimum atomic E-state index is -0.519. The summed E-state index contributed by atoms with van der Waals surface area (Å²) in [6.45, 7) is 4.31. The van der Waals surface area contributed by atoms with Gasteiger partial charge in [0.05, 0.1) is 11.4 Å². The van der Waals surface area contributed by atoms with Crippen molar-refractivity contribution in [2.24, 2.45) is 0 Å². The van der Waals surface area contributed by atoms with E-state index in [9.17, 15) is 0 Å². The first kappa shape index (κ1) is 40.1. The van der Waals surface area contributed by atoms with Crippen LogP contribution in [0.25, 0.3) is 67.8 Å². The van der Waals surface area contributed by atoms with Crippen LogP contribution < -0.4 is 0 Å². The summed E-state index contributed by atoms with van der Waals surface area (Å²) in [6.07, 6.45) is 21.4. The maximum absolute atomic E-state index is 5.09. The van der Waals surface area contributed by atoms with Gasteiger partial charge in [-0.15, -0.1) is 11.8 Å². The molecule has 9 rings (SSSR count). The summed E-state index contributed by atoms with van der Waals surface area (Å²) in [4.78, 5) is 29.9. The summed E-state index contributed by atoms with van der Waals surface area (Å²) >= 11 is 1.87. The third-order valence-corrected chi connectivity index (χ3v) is 12.4. The van der Waals surface area contributed by atoms with Gasteiger partial charge in [0, 0.05) is 68.7 Å². The predicted molar refractivity (Wildman–Crippen MR) is 256 cm³/mol. The standard InChI is InChI=1S/C55H44N6S/c1-3-48-51(4-2)62-36-14-6-5-13-31-55(48,46-23-19-39(20-24-46)45-37-49(40-27-32-56-33-28-40)58-50(38-45)41-29-34-57-35-30-41)47-25-21-44(22-26-47)54-60-52(42-15-9-7-10-16-42)59-53(61-54)43-17-11-8-12-18-43/h3-30,32-35,37-38H,31,36H2,1-2H3/b13-5-,14-6-,48-3?,51-4+. The largest absolute Gasteiger partial charge is 0.265 e. The lowest BCUT2D eigenvalue weighted by Crippen LogP contribution is -2.31. The van der Waals surface area contributed by atoms with Crippen LogP contribution in [0, 0.1) is 0 Å². The molecule has 4 aromatic heterocycles. The molecule has 0 aliphatic carbocycles. The molecule has 1 aliphatic heterocycles. The first-order chi connectivity index (χ1) is 30.6. The Labute approximate surface area is 367 Å². The van der Waals surface area contributed by atoms with Crippen LogP contribution in [0.1, 0.15) is 31.4 Å². The summed E-state index contributed by atoms with van der Waals surface area (Å²) in [7, 11) is 0. The van der Waals surface area contributed by atoms with Crippen LogP contribution in [-0.4, -0.2) is 35.7 Å². The van der Waals surface area contributed by atoms with Crippen molar-refractivity contribution in [3.05, 3.63) is 228 Å². The van der Waals surface area contributed by atoms with E-state index in [1.165, 1.54) is 21.6 Å². The lowest BCUT2D eigenvalue weighted by molar-refractivity contribution is 0.623. The molecule has 300 valence electrons. The number of hydrogen-bond acceptors (Lipinski definition) is 7. The third kappa shape index (κ3) is 8.36. The minimum Gasteiger partial charge on any atom is -0.265 e. The quantitative estimate of drug-likeness (QED) is 0.151. The third-order valence-electron chi connectivity index (χ3n) is 11.2. The molecule has 0 radical (unpaired) electrons. The molecular weight excluding hydrogens is 777 g/mol. The number of hydrogen-bond donors (Lipinski definition) is 0. The van der Waals surface area contributed by atoms with Gasteiger partial charge in [0.25, 0.3) is 0 Å². The highest BCUT2D eigenvalue weighted by atomic mass is 32.2. The Bertz CT molecular complexity index is 2620. The van der Waals surface area contributed by atoms with Gasteiger partial charge in [-0.2, -0.15) is 0 Å². The van der Waals surface area contributed by atoms with E-state index in [4.69, 9.17) is 19.9 Å². The summed E-state index contributed by atoms with van der Waals surface area (Å²) in [5.74, 6) is 2.79. The van der Waals surface area contributed by atoms with Gasteiger partial charge in [-0.1, -0.05) is 146 Å². The van der Waals surface area contributed by atoms with E-state index >= 15 is 0 Å². The molecule has 6 nitrogen and oxygen atoms in total. The summed E-state index contributed by atoms with van der Waals surface area (Å²) in [5, 5.41) is 0. The zero-order valence-electron chi connectivity index (χ0n) is 34.6. The first-order valence-electron chi connectivity index (χ1n) is 20.8. The fraction of sp³-hybridized carbons (Fsp3) is 0.0909. The van der Waals surface area contributed by atoms with Crippen molar-refractivity contribution in [3.8, 4) is 67.8 Å². The molecule has 4 aromatic carbocycles. The fourth-order valence-electron chi connectivity index (χ4n) is 8.16. The molecule has 0 saturated heterocycles. The minimum absolute atomic E-state index is 0.519. The monoisotopic (exact) mass is 820 g/mol. The van der Waals surface area contributed by atoms with E-state index in [0.29, 0.717) is 17.5 Å². The van der Waals surface area contributed by atoms with Crippen LogP contribution in [0.4, 0.5) is 0 Å². The first-order valence-corrected chi connectivity index (χ1v) is 21.8. The van der Waals surface area contributed by atoms with Crippen molar-refractivity contribution >= 4 is 11.8 Å². The summed E-state index contributed by atoms with van der Waals surface area (Å²) in [5.41, 5.74) is 11.9. The van der Waals surface area contributed by atoms with Gasteiger partial charge in [0.15, 0.2) is 17.5 Å². The number of allylic oxidation sites excluding steroid dienone is 6. The van der Waals surface area contributed by atoms with Crippen LogP contribution in [0.3, 0.4) is 0 Å². The van der Waals surface area contributed by atoms with Crippen LogP contribution in [0.15, 0.2) is 217 Å². The van der Waals surface area contributed by atoms with Crippen LogP contribution >= 0.6 is 11.8 Å². The number of thioether (sulfide) groups is 1. The van der Waals surface area contributed by atoms with E-state index in [1.54, 1.807) is 0 Å². The zero-order valence-corrected chi connectivity index (χ0v) is 35.5. The number of nitrogens with zero attached hydrogens (tertiary/aromatic N) is 6. The molecule has 0 bridgehead atoms. The van der Waals surface area contributed by atoms with Crippen molar-refractivity contribution in [2.75, 3.05) is 5.75 Å². The fourth-order valence-corrected chi connectivity index (χ4v) is 9.16. The van der Waals surface area contributed by atoms with Crippen LogP contribution in [0.2, 0.25) is 0 Å². The zero-order chi connectivity index (χ0) is 42.1. The van der Waals surface area contributed by atoms with E-state index in [0.717, 1.165) is 62.5 Å². The second-order valence-corrected chi connectivity index (χ2v) is 16.0. The average Bonchev–Trinajstić information content (AvgIpc) is 3.36. The molecule has 62 heavy (non-hydrogen) atoms. The van der Waals surface area contributed by atoms with Crippen LogP contribution in [0.5, 0.6) is 0 Å². The van der Waals surface area contributed by atoms with Crippen molar-refractivity contribution < 1.29 is 0 Å². The van der Waals surface area contributed by atoms with Gasteiger partial charge in [-0.3, -0.25) is 9.97 Å². The number of rotatable bonds is 8. The summed E-state index contributed by atoms with van der Waals surface area (Å²) < 4.78 is 0. The Hall–Kier alpha value is -7.35. The Morgan fingerprint density at radius 2 is 0.919 bits per heavy atom. The maximum Gasteiger partial charge on any atom is 0.164 e. The molecule has 8 aromatic rings. The lowest BCUT2D eigenvalue weighted by Gasteiger charge is -2.38. The Morgan fingerprint density at radius 1 is 0.452 bits per heavy atom. The SMILES string of the molecule is CC=C1/C(=C\C)SC/C=C\C=C/CC1(c1ccc(-c2cc(-c3ccncc3)nc(-c3ccncc3)c2)cc1)c1ccc(-c2nc(-c3ccccc3)nc(-c3ccccc3)n2)cc1. The predicted octanol–water partition coefficient (Wildman–Crippen LogP) is 13.4. The molecule has 1 atom stereocenters. The van der Waals surface area contributed by atoms with Gasteiger partial charge in [-0.25, -0.2) is 19.9 Å². The molecular formula is C55H44N6S. The highest BCUT2D eigenvalue weighted by Crippen LogP contribution is 2.49. The van der Waals surface area contributed by atoms with E-state index in [1.807, 2.05) is 121 Å². The van der Waals surface area contributed by atoms with Crippen molar-refractivity contribution in [2.45, 2.75) is 25.7 Å². The van der Waals surface area contributed by atoms with E-state index in [2.05, 4.69) is 121 Å². The Kier molecular flexibility index (Phi) is 12.0. The normalized spacial score (nSPS) is 17.7. The number of aromatic nitrogens is 6. The highest BCUT2D eigenvalue weighted by Gasteiger charge is 2.39. The number of pyridine rings is 3. The molecule has 5 heterocycles. The van der Waals surface area contributed by atoms with Gasteiger partial charge in [0.1, 0.15) is 0 Å². The Morgan fingerprint density at radius 3 is 1.40 bits per heavy atom. The molecule has 0 saturated carbocycles. The maximum atomic E-state index is 5.09. The van der Waals surface area contributed by atoms with Crippen LogP contribution in [-0.2, 0) is 5.41 Å². The average molecular weight is 821 g/mol. The van der Waals surface area contributed by atoms with Crippen molar-refractivity contribution in [3.63, 3.8) is 0 Å². The van der Waals surface area contributed by atoms with Gasteiger partial charge in [-0.05, 0) is 84.5 Å². The second kappa shape index (κ2) is 18.5. The molecule has 0 spiro atoms. The topological polar surface area (TPSA) is 77.3 Å². The van der Waals surface area contributed by atoms with Crippen molar-refractivity contribution in [1.29, 1.82) is 0 Å². The highest BCUT2D eigenvalue weighted by molar-refractivity contribution is 8.03. The molecule has 0 fully saturated rings. The second-order valence-electron chi connectivity index (χ2n) is 14.9. The molecule has 1 unspecified atom stereocenters. The molecule has 0 amide bonds. The van der Waals surface area contributed by atoms with Gasteiger partial charge >= 0.3 is 0 Å². The van der Waals surface area contributed by atoms with E-state index < -0.39 is 5.41 Å².